The molecule has 1 aromatic carbocycles. The van der Waals surface area contributed by atoms with Crippen molar-refractivity contribution < 1.29 is 14.3 Å². The van der Waals surface area contributed by atoms with Gasteiger partial charge >= 0.3 is 0 Å². The van der Waals surface area contributed by atoms with Gasteiger partial charge in [0.25, 0.3) is 11.8 Å². The molecule has 182 valence electrons. The predicted octanol–water partition coefficient (Wildman–Crippen LogP) is 5.64. The van der Waals surface area contributed by atoms with Gasteiger partial charge in [0.15, 0.2) is 5.82 Å². The van der Waals surface area contributed by atoms with Crippen molar-refractivity contribution in [1.29, 1.82) is 0 Å². The van der Waals surface area contributed by atoms with Gasteiger partial charge in [-0.1, -0.05) is 42.3 Å². The quantitative estimate of drug-likeness (QED) is 0.327. The van der Waals surface area contributed by atoms with Crippen molar-refractivity contribution in [2.75, 3.05) is 11.9 Å². The molecule has 0 radical (unpaired) electrons. The van der Waals surface area contributed by atoms with Crippen LogP contribution in [-0.4, -0.2) is 44.1 Å². The highest BCUT2D eigenvalue weighted by Gasteiger charge is 2.28. The van der Waals surface area contributed by atoms with Crippen molar-refractivity contribution >= 4 is 73.7 Å². The normalized spacial score (nSPS) is 13.3. The van der Waals surface area contributed by atoms with E-state index in [1.807, 2.05) is 6.92 Å². The summed E-state index contributed by atoms with van der Waals surface area (Å²) in [6.07, 6.45) is 3.51. The largest absolute Gasteiger partial charge is 0.473 e. The fraction of sp³-hybridized carbons (Fsp3) is 0.261. The summed E-state index contributed by atoms with van der Waals surface area (Å²) < 4.78 is 7.64. The second-order valence-corrected chi connectivity index (χ2v) is 10.1. The molecule has 1 fully saturated rings. The van der Waals surface area contributed by atoms with E-state index in [-0.39, 0.29) is 40.7 Å². The van der Waals surface area contributed by atoms with Crippen molar-refractivity contribution in [2.24, 2.45) is 0 Å². The van der Waals surface area contributed by atoms with Gasteiger partial charge in [0.05, 0.1) is 16.3 Å². The molecular formula is C23H20BrCl2N5O3S. The van der Waals surface area contributed by atoms with Crippen LogP contribution in [0.5, 0.6) is 5.88 Å². The van der Waals surface area contributed by atoms with Crippen LogP contribution in [0.15, 0.2) is 41.0 Å². The molecule has 0 spiro atoms. The number of halogens is 3. The van der Waals surface area contributed by atoms with E-state index in [2.05, 4.69) is 36.6 Å². The lowest BCUT2D eigenvalue weighted by molar-refractivity contribution is 0.0954. The second-order valence-electron chi connectivity index (χ2n) is 7.80. The van der Waals surface area contributed by atoms with Crippen LogP contribution in [0.2, 0.25) is 10.0 Å². The van der Waals surface area contributed by atoms with E-state index >= 15 is 0 Å². The number of benzene rings is 1. The van der Waals surface area contributed by atoms with Crippen LogP contribution in [0.1, 0.15) is 47.0 Å². The summed E-state index contributed by atoms with van der Waals surface area (Å²) in [5.74, 6) is -0.419. The lowest BCUT2D eigenvalue weighted by atomic mass is 9.96. The zero-order chi connectivity index (χ0) is 25.1. The van der Waals surface area contributed by atoms with Crippen LogP contribution >= 0.6 is 51.3 Å². The van der Waals surface area contributed by atoms with E-state index in [0.29, 0.717) is 33.9 Å². The molecule has 4 rings (SSSR count). The van der Waals surface area contributed by atoms with Crippen LogP contribution in [-0.2, 0) is 0 Å². The fourth-order valence-corrected chi connectivity index (χ4v) is 4.85. The van der Waals surface area contributed by atoms with Crippen LogP contribution in [0, 0.1) is 0 Å². The molecule has 3 aromatic rings. The maximum atomic E-state index is 13.5. The third kappa shape index (κ3) is 5.83. The van der Waals surface area contributed by atoms with Crippen molar-refractivity contribution in [3.63, 3.8) is 0 Å². The molecule has 1 aliphatic rings. The second kappa shape index (κ2) is 11.0. The molecule has 0 unspecified atom stereocenters. The Kier molecular flexibility index (Phi) is 8.05. The standard InChI is InChI=1S/C23H20BrCl2N5O3S/c1-2-5-28-22(32)15-7-12(25)8-16(24)20(15)29-23(33)18-11-19(34-13-9-14(35)10-13)30-31(18)21-17(26)4-3-6-27-21/h3-4,6-8,11,13H,2,5,9-10H2,1H3,(H,28,32)(H,29,33). The fourth-order valence-electron chi connectivity index (χ4n) is 3.37. The molecular weight excluding hydrogens is 577 g/mol. The van der Waals surface area contributed by atoms with Crippen LogP contribution in [0.3, 0.4) is 0 Å². The monoisotopic (exact) mass is 595 g/mol. The highest BCUT2D eigenvalue weighted by Crippen LogP contribution is 2.32. The Bertz CT molecular complexity index is 1310. The summed E-state index contributed by atoms with van der Waals surface area (Å²) in [4.78, 5) is 31.4. The maximum Gasteiger partial charge on any atom is 0.274 e. The molecule has 35 heavy (non-hydrogen) atoms. The molecule has 2 N–H and O–H groups in total. The lowest BCUT2D eigenvalue weighted by Gasteiger charge is -2.26. The minimum atomic E-state index is -0.550. The molecule has 2 aromatic heterocycles. The number of carbonyl (C=O) groups excluding carboxylic acids is 2. The van der Waals surface area contributed by atoms with E-state index < -0.39 is 5.91 Å². The maximum absolute atomic E-state index is 13.5. The van der Waals surface area contributed by atoms with E-state index in [0.717, 1.165) is 11.3 Å². The first-order valence-electron chi connectivity index (χ1n) is 10.7. The third-order valence-corrected chi connectivity index (χ3v) is 6.60. The third-order valence-electron chi connectivity index (χ3n) is 5.13. The van der Waals surface area contributed by atoms with Crippen molar-refractivity contribution in [3.05, 3.63) is 62.3 Å². The molecule has 0 aliphatic heterocycles. The Morgan fingerprint density at radius 3 is 2.71 bits per heavy atom. The number of amides is 2. The summed E-state index contributed by atoms with van der Waals surface area (Å²) in [7, 11) is 0. The van der Waals surface area contributed by atoms with E-state index in [1.165, 1.54) is 16.8 Å². The molecule has 1 aliphatic carbocycles. The minimum Gasteiger partial charge on any atom is -0.473 e. The van der Waals surface area contributed by atoms with Crippen LogP contribution in [0.4, 0.5) is 5.69 Å². The van der Waals surface area contributed by atoms with Gasteiger partial charge in [-0.2, -0.15) is 0 Å². The topological polar surface area (TPSA) is 98.1 Å². The molecule has 0 atom stereocenters. The predicted molar refractivity (Wildman–Crippen MR) is 142 cm³/mol. The Balaban J connectivity index is 1.70. The first-order valence-corrected chi connectivity index (χ1v) is 12.7. The number of nitrogens with zero attached hydrogens (tertiary/aromatic N) is 3. The highest BCUT2D eigenvalue weighted by atomic mass is 79.9. The summed E-state index contributed by atoms with van der Waals surface area (Å²) in [5, 5.41) is 10.7. The number of hydrogen-bond acceptors (Lipinski definition) is 6. The molecule has 8 nitrogen and oxygen atoms in total. The summed E-state index contributed by atoms with van der Waals surface area (Å²) in [6.45, 7) is 2.42. The number of anilines is 1. The molecule has 12 heteroatoms. The summed E-state index contributed by atoms with van der Waals surface area (Å²) >= 11 is 21.1. The first-order chi connectivity index (χ1) is 16.8. The Hall–Kier alpha value is -2.53. The molecule has 1 saturated carbocycles. The summed E-state index contributed by atoms with van der Waals surface area (Å²) in [6, 6.07) is 7.91. The van der Waals surface area contributed by atoms with Crippen LogP contribution < -0.4 is 15.4 Å². The molecule has 0 bridgehead atoms. The number of rotatable bonds is 8. The molecule has 2 heterocycles. The Morgan fingerprint density at radius 1 is 1.26 bits per heavy atom. The van der Waals surface area contributed by atoms with Gasteiger partial charge in [-0.25, -0.2) is 9.67 Å². The number of ether oxygens (including phenoxy) is 1. The molecule has 0 saturated heterocycles. The van der Waals surface area contributed by atoms with Gasteiger partial charge in [0.1, 0.15) is 11.8 Å². The van der Waals surface area contributed by atoms with Gasteiger partial charge in [-0.05, 0) is 46.6 Å². The zero-order valence-corrected chi connectivity index (χ0v) is 22.4. The SMILES string of the molecule is CCCNC(=O)c1cc(Cl)cc(Br)c1NC(=O)c1cc(OC2CC(=S)C2)nn1-c1ncccc1Cl. The Labute approximate surface area is 225 Å². The number of aromatic nitrogens is 3. The molecule has 2 amide bonds. The van der Waals surface area contributed by atoms with E-state index in [4.69, 9.17) is 40.2 Å². The van der Waals surface area contributed by atoms with Gasteiger partial charge in [-0.15, -0.1) is 5.10 Å². The highest BCUT2D eigenvalue weighted by molar-refractivity contribution is 9.10. The lowest BCUT2D eigenvalue weighted by Crippen LogP contribution is -2.32. The first kappa shape index (κ1) is 25.6. The average Bonchev–Trinajstić information content (AvgIpc) is 3.22. The smallest absolute Gasteiger partial charge is 0.274 e. The Morgan fingerprint density at radius 2 is 2.03 bits per heavy atom. The van der Waals surface area contributed by atoms with Crippen molar-refractivity contribution in [3.8, 4) is 11.7 Å². The number of thiocarbonyl (C=S) groups is 1. The van der Waals surface area contributed by atoms with Crippen LogP contribution in [0.25, 0.3) is 5.82 Å². The number of carbonyl (C=O) groups is 2. The van der Waals surface area contributed by atoms with Gasteiger partial charge in [0, 0.05) is 46.0 Å². The number of hydrogen-bond donors (Lipinski definition) is 2. The van der Waals surface area contributed by atoms with Crippen molar-refractivity contribution in [2.45, 2.75) is 32.3 Å². The van der Waals surface area contributed by atoms with Gasteiger partial charge in [-0.3, -0.25) is 9.59 Å². The number of pyridine rings is 1. The summed E-state index contributed by atoms with van der Waals surface area (Å²) in [5.41, 5.74) is 0.594. The number of nitrogens with one attached hydrogen (secondary N) is 2. The van der Waals surface area contributed by atoms with Crippen molar-refractivity contribution in [1.82, 2.24) is 20.1 Å². The van der Waals surface area contributed by atoms with Gasteiger partial charge < -0.3 is 15.4 Å². The van der Waals surface area contributed by atoms with Gasteiger partial charge in [0.2, 0.25) is 5.88 Å². The average molecular weight is 597 g/mol. The minimum absolute atomic E-state index is 0.0970. The van der Waals surface area contributed by atoms with E-state index in [9.17, 15) is 9.59 Å². The zero-order valence-electron chi connectivity index (χ0n) is 18.5. The van der Waals surface area contributed by atoms with E-state index in [1.54, 1.807) is 24.4 Å².